The minimum Gasteiger partial charge on any atom is -0.396 e. The first-order valence-electron chi connectivity index (χ1n) is 12.8. The molecule has 4 aromatic carbocycles. The van der Waals surface area contributed by atoms with Crippen LogP contribution in [0.3, 0.4) is 0 Å². The van der Waals surface area contributed by atoms with E-state index in [0.29, 0.717) is 35.5 Å². The Balaban J connectivity index is 1.48. The molecule has 38 heavy (non-hydrogen) atoms. The second kappa shape index (κ2) is 9.24. The highest BCUT2D eigenvalue weighted by Crippen LogP contribution is 2.49. The Morgan fingerprint density at radius 3 is 2.45 bits per heavy atom. The van der Waals surface area contributed by atoms with Crippen molar-refractivity contribution in [3.8, 4) is 0 Å². The van der Waals surface area contributed by atoms with Crippen LogP contribution in [0.25, 0.3) is 10.8 Å². The molecule has 6 rings (SSSR count). The van der Waals surface area contributed by atoms with Crippen LogP contribution in [0.2, 0.25) is 0 Å². The zero-order valence-electron chi connectivity index (χ0n) is 21.0. The van der Waals surface area contributed by atoms with Crippen molar-refractivity contribution in [2.45, 2.75) is 25.5 Å². The summed E-state index contributed by atoms with van der Waals surface area (Å²) in [5.41, 5.74) is 2.22. The number of aliphatic hydroxyl groups excluding tert-OH is 1. The van der Waals surface area contributed by atoms with Gasteiger partial charge >= 0.3 is 0 Å². The molecule has 0 aromatic heterocycles. The number of carbonyl (C=O) groups is 2. The summed E-state index contributed by atoms with van der Waals surface area (Å²) in [4.78, 5) is 30.8. The van der Waals surface area contributed by atoms with E-state index < -0.39 is 17.4 Å². The van der Waals surface area contributed by atoms with Gasteiger partial charge in [0.2, 0.25) is 0 Å². The molecule has 2 N–H and O–H groups in total. The molecular formula is C32H28N2O4. The van der Waals surface area contributed by atoms with Crippen molar-refractivity contribution in [2.24, 2.45) is 5.92 Å². The van der Waals surface area contributed by atoms with Crippen LogP contribution in [-0.4, -0.2) is 28.6 Å². The number of benzene rings is 4. The van der Waals surface area contributed by atoms with Crippen molar-refractivity contribution in [3.63, 3.8) is 0 Å². The first-order valence-corrected chi connectivity index (χ1v) is 12.8. The van der Waals surface area contributed by atoms with E-state index in [1.54, 1.807) is 34.9 Å². The van der Waals surface area contributed by atoms with Gasteiger partial charge in [-0.2, -0.15) is 0 Å². The van der Waals surface area contributed by atoms with E-state index in [2.05, 4.69) is 0 Å². The molecule has 2 amide bonds. The van der Waals surface area contributed by atoms with Crippen LogP contribution in [0.5, 0.6) is 0 Å². The minimum atomic E-state index is -1.83. The van der Waals surface area contributed by atoms with Gasteiger partial charge in [0.25, 0.3) is 11.8 Å². The summed E-state index contributed by atoms with van der Waals surface area (Å²) in [6, 6.07) is 26.6. The molecule has 0 bridgehead atoms. The number of aliphatic hydroxyl groups is 2. The Kier molecular flexibility index (Phi) is 5.86. The summed E-state index contributed by atoms with van der Waals surface area (Å²) in [6.07, 6.45) is 3.98. The van der Waals surface area contributed by atoms with Gasteiger partial charge in [-0.05, 0) is 47.7 Å². The summed E-state index contributed by atoms with van der Waals surface area (Å²) < 4.78 is 0. The average Bonchev–Trinajstić information content (AvgIpc) is 3.35. The van der Waals surface area contributed by atoms with Crippen LogP contribution in [0, 0.1) is 5.92 Å². The molecule has 6 nitrogen and oxygen atoms in total. The zero-order chi connectivity index (χ0) is 26.4. The van der Waals surface area contributed by atoms with Crippen molar-refractivity contribution >= 4 is 39.6 Å². The van der Waals surface area contributed by atoms with Crippen LogP contribution >= 0.6 is 0 Å². The molecule has 0 radical (unpaired) electrons. The third-order valence-corrected chi connectivity index (χ3v) is 7.63. The molecule has 2 aliphatic rings. The maximum Gasteiger partial charge on any atom is 0.264 e. The highest BCUT2D eigenvalue weighted by molar-refractivity contribution is 6.28. The fraction of sp³-hybridized carbons (Fsp3) is 0.188. The monoisotopic (exact) mass is 504 g/mol. The highest BCUT2D eigenvalue weighted by atomic mass is 16.3. The quantitative estimate of drug-likeness (QED) is 0.329. The van der Waals surface area contributed by atoms with E-state index in [0.717, 1.165) is 22.0 Å². The highest BCUT2D eigenvalue weighted by Gasteiger charge is 2.53. The lowest BCUT2D eigenvalue weighted by molar-refractivity contribution is -0.139. The van der Waals surface area contributed by atoms with Crippen LogP contribution < -0.4 is 9.80 Å². The number of nitrogens with zero attached hydrogens (tertiary/aromatic N) is 2. The van der Waals surface area contributed by atoms with Crippen LogP contribution in [0.1, 0.15) is 34.8 Å². The third-order valence-electron chi connectivity index (χ3n) is 7.63. The smallest absolute Gasteiger partial charge is 0.264 e. The van der Waals surface area contributed by atoms with Gasteiger partial charge < -0.3 is 15.1 Å². The number of rotatable bonds is 7. The lowest BCUT2D eigenvalue weighted by Gasteiger charge is -2.28. The van der Waals surface area contributed by atoms with Gasteiger partial charge in [-0.1, -0.05) is 73.7 Å². The van der Waals surface area contributed by atoms with Gasteiger partial charge in [0, 0.05) is 29.2 Å². The fourth-order valence-corrected chi connectivity index (χ4v) is 5.68. The first kappa shape index (κ1) is 24.1. The van der Waals surface area contributed by atoms with Crippen molar-refractivity contribution in [1.82, 2.24) is 0 Å². The topological polar surface area (TPSA) is 81.1 Å². The van der Waals surface area contributed by atoms with E-state index in [1.165, 1.54) is 0 Å². The Morgan fingerprint density at radius 1 is 0.921 bits per heavy atom. The molecule has 0 unspecified atom stereocenters. The van der Waals surface area contributed by atoms with Gasteiger partial charge in [-0.3, -0.25) is 14.5 Å². The van der Waals surface area contributed by atoms with Crippen molar-refractivity contribution in [1.29, 1.82) is 0 Å². The molecule has 0 spiro atoms. The predicted octanol–water partition coefficient (Wildman–Crippen LogP) is 5.44. The predicted molar refractivity (Wildman–Crippen MR) is 148 cm³/mol. The molecule has 2 aliphatic heterocycles. The van der Waals surface area contributed by atoms with Gasteiger partial charge in [-0.25, -0.2) is 0 Å². The standard InChI is InChI=1S/C32H28N2O4/c1-21(9-5-6-18-35)32(38)26-19-24(16-17-27(26)33(31(32)37)20-22-10-3-2-4-11-22)34-28-15-8-13-23-12-7-14-25(29(23)28)30(34)36/h2-5,7-17,19,21,35,38H,6,18,20H2,1H3/b9-5+/t21-,32+/m1/s1. The van der Waals surface area contributed by atoms with E-state index in [9.17, 15) is 19.8 Å². The molecule has 2 atom stereocenters. The summed E-state index contributed by atoms with van der Waals surface area (Å²) in [6.45, 7) is 2.10. The summed E-state index contributed by atoms with van der Waals surface area (Å²) in [7, 11) is 0. The summed E-state index contributed by atoms with van der Waals surface area (Å²) in [5, 5.41) is 23.2. The molecule has 0 fully saturated rings. The molecule has 6 heteroatoms. The van der Waals surface area contributed by atoms with E-state index in [-0.39, 0.29) is 12.5 Å². The van der Waals surface area contributed by atoms with E-state index >= 15 is 0 Å². The number of hydrogen-bond acceptors (Lipinski definition) is 4. The van der Waals surface area contributed by atoms with E-state index in [1.807, 2.05) is 78.9 Å². The van der Waals surface area contributed by atoms with Crippen molar-refractivity contribution in [2.75, 3.05) is 16.4 Å². The van der Waals surface area contributed by atoms with Gasteiger partial charge in [-0.15, -0.1) is 0 Å². The molecule has 0 aliphatic carbocycles. The lowest BCUT2D eigenvalue weighted by Crippen LogP contribution is -2.44. The first-order chi connectivity index (χ1) is 18.4. The SMILES string of the molecule is C[C@H](/C=C/CCO)[C@@]1(O)C(=O)N(Cc2ccccc2)c2ccc(N3C(=O)c4cccc5cccc3c45)cc21. The van der Waals surface area contributed by atoms with Crippen LogP contribution in [-0.2, 0) is 16.9 Å². The van der Waals surface area contributed by atoms with Gasteiger partial charge in [0.05, 0.1) is 23.5 Å². The maximum atomic E-state index is 13.9. The van der Waals surface area contributed by atoms with Crippen LogP contribution in [0.15, 0.2) is 97.1 Å². The Labute approximate surface area is 221 Å². The molecule has 2 heterocycles. The Morgan fingerprint density at radius 2 is 1.68 bits per heavy atom. The Bertz CT molecular complexity index is 1590. The third kappa shape index (κ3) is 3.56. The molecule has 0 saturated carbocycles. The number of amides is 2. The molecular weight excluding hydrogens is 476 g/mol. The minimum absolute atomic E-state index is 0.0142. The number of fused-ring (bicyclic) bond motifs is 1. The largest absolute Gasteiger partial charge is 0.396 e. The second-order valence-corrected chi connectivity index (χ2v) is 9.90. The fourth-order valence-electron chi connectivity index (χ4n) is 5.68. The number of carbonyl (C=O) groups excluding carboxylic acids is 2. The van der Waals surface area contributed by atoms with Crippen molar-refractivity contribution in [3.05, 3.63) is 114 Å². The van der Waals surface area contributed by atoms with Crippen molar-refractivity contribution < 1.29 is 19.8 Å². The summed E-state index contributed by atoms with van der Waals surface area (Å²) >= 11 is 0. The molecule has 190 valence electrons. The van der Waals surface area contributed by atoms with Gasteiger partial charge in [0.1, 0.15) is 0 Å². The summed E-state index contributed by atoms with van der Waals surface area (Å²) in [5.74, 6) is -1.11. The lowest BCUT2D eigenvalue weighted by atomic mass is 9.82. The number of anilines is 3. The maximum absolute atomic E-state index is 13.9. The zero-order valence-corrected chi connectivity index (χ0v) is 21.0. The molecule has 0 saturated heterocycles. The van der Waals surface area contributed by atoms with Crippen LogP contribution in [0.4, 0.5) is 17.1 Å². The Hall–Kier alpha value is -4.26. The average molecular weight is 505 g/mol. The second-order valence-electron chi connectivity index (χ2n) is 9.90. The van der Waals surface area contributed by atoms with Gasteiger partial charge in [0.15, 0.2) is 5.60 Å². The molecule has 4 aromatic rings. The normalized spacial score (nSPS) is 19.1. The van der Waals surface area contributed by atoms with E-state index in [4.69, 9.17) is 0 Å². The number of hydrogen-bond donors (Lipinski definition) is 2.